The molecule has 5 unspecified atom stereocenters. The lowest BCUT2D eigenvalue weighted by molar-refractivity contribution is -0.167. The van der Waals surface area contributed by atoms with Gasteiger partial charge in [-0.25, -0.2) is 9.97 Å². The quantitative estimate of drug-likeness (QED) is 0.122. The van der Waals surface area contributed by atoms with E-state index in [0.717, 1.165) is 23.2 Å². The first-order chi connectivity index (χ1) is 23.4. The number of rotatable bonds is 11. The summed E-state index contributed by atoms with van der Waals surface area (Å²) in [6, 6.07) is 20.3. The number of nitrogens with zero attached hydrogens (tertiary/aromatic N) is 3. The Morgan fingerprint density at radius 1 is 1.10 bits per heavy atom. The second kappa shape index (κ2) is 13.9. The highest BCUT2D eigenvalue weighted by Crippen LogP contribution is 2.47. The van der Waals surface area contributed by atoms with Crippen LogP contribution in [-0.2, 0) is 23.5 Å². The number of aliphatic hydroxyl groups is 1. The van der Waals surface area contributed by atoms with Crippen molar-refractivity contribution in [3.8, 4) is 0 Å². The number of amides is 1. The molecule has 4 heterocycles. The van der Waals surface area contributed by atoms with Crippen LogP contribution in [0.5, 0.6) is 0 Å². The third kappa shape index (κ3) is 6.91. The minimum atomic E-state index is -2.34. The van der Waals surface area contributed by atoms with Crippen LogP contribution in [0, 0.1) is 5.41 Å². The van der Waals surface area contributed by atoms with Crippen molar-refractivity contribution in [2.75, 3.05) is 5.32 Å². The third-order valence-corrected chi connectivity index (χ3v) is 11.8. The van der Waals surface area contributed by atoms with Gasteiger partial charge in [0.25, 0.3) is 5.91 Å². The number of benzene rings is 2. The second-order valence-electron chi connectivity index (χ2n) is 14.1. The second-order valence-corrected chi connectivity index (χ2v) is 16.5. The predicted octanol–water partition coefficient (Wildman–Crippen LogP) is 3.79. The molecule has 11 nitrogen and oxygen atoms in total. The van der Waals surface area contributed by atoms with Crippen molar-refractivity contribution in [1.29, 1.82) is 0 Å². The molecule has 0 bridgehead atoms. The fraction of sp³-hybridized carbons (Fsp3) is 0.405. The fourth-order valence-corrected chi connectivity index (χ4v) is 9.49. The number of aromatic nitrogens is 3. The Kier molecular flexibility index (Phi) is 9.76. The Labute approximate surface area is 288 Å². The van der Waals surface area contributed by atoms with E-state index < -0.39 is 56.5 Å². The highest BCUT2D eigenvalue weighted by atomic mass is 28.3. The maximum Gasteiger partial charge on any atom is 0.306 e. The van der Waals surface area contributed by atoms with Crippen molar-refractivity contribution >= 4 is 53.8 Å². The van der Waals surface area contributed by atoms with E-state index in [1.165, 1.54) is 12.4 Å². The summed E-state index contributed by atoms with van der Waals surface area (Å²) < 4.78 is 22.1. The maximum absolute atomic E-state index is 13.4. The van der Waals surface area contributed by atoms with Gasteiger partial charge in [-0.3, -0.25) is 9.59 Å². The topological polar surface area (TPSA) is 151 Å². The van der Waals surface area contributed by atoms with Gasteiger partial charge >= 0.3 is 5.97 Å². The highest BCUT2D eigenvalue weighted by molar-refractivity contribution is 6.80. The van der Waals surface area contributed by atoms with Crippen LogP contribution in [0.15, 0.2) is 79.3 Å². The Bertz CT molecular complexity index is 1800. The van der Waals surface area contributed by atoms with Crippen molar-refractivity contribution in [1.82, 2.24) is 14.5 Å². The molecule has 1 fully saturated rings. The molecule has 2 aliphatic rings. The first kappa shape index (κ1) is 34.5. The molecule has 6 rings (SSSR count). The summed E-state index contributed by atoms with van der Waals surface area (Å²) in [5, 5.41) is 17.9. The lowest BCUT2D eigenvalue weighted by Gasteiger charge is -2.40. The van der Waals surface area contributed by atoms with E-state index in [2.05, 4.69) is 67.2 Å². The molecule has 5 atom stereocenters. The molecule has 0 spiro atoms. The molecule has 2 aromatic heterocycles. The molecule has 0 saturated carbocycles. The average molecular weight is 684 g/mol. The Balaban J connectivity index is 1.46. The van der Waals surface area contributed by atoms with E-state index in [1.54, 1.807) is 17.7 Å². The number of anilines is 1. The summed E-state index contributed by atoms with van der Waals surface area (Å²) in [5.74, 6) is -0.517. The lowest BCUT2D eigenvalue weighted by atomic mass is 9.82. The van der Waals surface area contributed by atoms with Gasteiger partial charge in [0, 0.05) is 30.0 Å². The van der Waals surface area contributed by atoms with E-state index in [4.69, 9.17) is 19.6 Å². The van der Waals surface area contributed by atoms with Crippen LogP contribution in [0.2, 0.25) is 0 Å². The molecule has 0 radical (unpaired) electrons. The number of nitrogens with one attached hydrogen (secondary N) is 1. The zero-order valence-electron chi connectivity index (χ0n) is 28.6. The van der Waals surface area contributed by atoms with Crippen LogP contribution in [0.25, 0.3) is 16.7 Å². The van der Waals surface area contributed by atoms with Crippen molar-refractivity contribution in [3.63, 3.8) is 0 Å². The van der Waals surface area contributed by atoms with Gasteiger partial charge in [-0.2, -0.15) is 0 Å². The van der Waals surface area contributed by atoms with Crippen LogP contribution < -0.4 is 21.4 Å². The number of carbonyl (C=O) groups is 2. The van der Waals surface area contributed by atoms with E-state index in [0.29, 0.717) is 28.8 Å². The van der Waals surface area contributed by atoms with Crippen LogP contribution in [-0.4, -0.2) is 64.5 Å². The molecular formula is C37H45N5O6Si. The van der Waals surface area contributed by atoms with E-state index >= 15 is 0 Å². The van der Waals surface area contributed by atoms with Gasteiger partial charge in [0.15, 0.2) is 12.3 Å². The Hall–Kier alpha value is -4.36. The van der Waals surface area contributed by atoms with Crippen LogP contribution in [0.3, 0.4) is 0 Å². The van der Waals surface area contributed by atoms with Gasteiger partial charge in [0.2, 0.25) is 9.04 Å². The first-order valence-electron chi connectivity index (χ1n) is 16.9. The number of ether oxygens (including phenoxy) is 2. The number of unbranched alkanes of at least 4 members (excludes halogenated alkanes) is 2. The molecule has 1 amide bonds. The average Bonchev–Trinajstić information content (AvgIpc) is 3.52. The smallest absolute Gasteiger partial charge is 0.306 e. The lowest BCUT2D eigenvalue weighted by Crippen LogP contribution is -2.57. The van der Waals surface area contributed by atoms with Crippen molar-refractivity contribution in [2.24, 2.45) is 11.1 Å². The minimum absolute atomic E-state index is 0.221. The van der Waals surface area contributed by atoms with Crippen molar-refractivity contribution in [2.45, 2.75) is 90.4 Å². The monoisotopic (exact) mass is 683 g/mol. The van der Waals surface area contributed by atoms with Crippen LogP contribution in [0.4, 0.5) is 5.82 Å². The van der Waals surface area contributed by atoms with Crippen molar-refractivity contribution in [3.05, 3.63) is 84.8 Å². The molecule has 0 aliphatic carbocycles. The normalized spacial score (nSPS) is 22.9. The molecule has 1 saturated heterocycles. The molecule has 2 aromatic carbocycles. The summed E-state index contributed by atoms with van der Waals surface area (Å²) in [6.07, 6.45) is 3.41. The first-order valence-corrected chi connectivity index (χ1v) is 18.5. The molecule has 2 aliphatic heterocycles. The number of carbonyl (C=O) groups excluding carboxylic acids is 2. The molecule has 12 heteroatoms. The zero-order valence-corrected chi connectivity index (χ0v) is 29.8. The van der Waals surface area contributed by atoms with Gasteiger partial charge in [-0.05, 0) is 29.1 Å². The number of hydrogen-bond donors (Lipinski definition) is 3. The summed E-state index contributed by atoms with van der Waals surface area (Å²) in [6.45, 7) is 9.88. The summed E-state index contributed by atoms with van der Waals surface area (Å²) >= 11 is 0. The summed E-state index contributed by atoms with van der Waals surface area (Å²) in [5.41, 5.74) is 5.24. The van der Waals surface area contributed by atoms with Gasteiger partial charge in [-0.1, -0.05) is 101 Å². The molecule has 258 valence electrons. The van der Waals surface area contributed by atoms with E-state index in [1.807, 2.05) is 36.4 Å². The Morgan fingerprint density at radius 3 is 2.37 bits per heavy atom. The van der Waals surface area contributed by atoms with Crippen LogP contribution >= 0.6 is 0 Å². The SMILES string of the molecule is CCCCCC(=O)OC1C(C(O[SiH](c2ccccc2)c2ccccc2)C(C)(C)C)OC(n2cc3c4c(ncnc42)NC(=O)C=C3N)C1(C)O. The Morgan fingerprint density at radius 2 is 1.76 bits per heavy atom. The summed E-state index contributed by atoms with van der Waals surface area (Å²) in [4.78, 5) is 34.6. The van der Waals surface area contributed by atoms with Gasteiger partial charge < -0.3 is 34.6 Å². The zero-order chi connectivity index (χ0) is 34.9. The number of hydrogen-bond acceptors (Lipinski definition) is 9. The van der Waals surface area contributed by atoms with E-state index in [9.17, 15) is 14.7 Å². The third-order valence-electron chi connectivity index (χ3n) is 9.24. The predicted molar refractivity (Wildman–Crippen MR) is 191 cm³/mol. The number of nitrogens with two attached hydrogens (primary N) is 1. The van der Waals surface area contributed by atoms with Gasteiger partial charge in [0.1, 0.15) is 29.5 Å². The standard InChI is InChI=1S/C37H45N5O6Si/c1-6-7-10-19-28(44)46-32-30(31(36(2,3)4)48-49(23-15-11-8-12-16-23)24-17-13-9-14-18-24)47-35(37(32,5)45)42-21-25-26(38)20-27(43)41-33-29(25)34(42)40-22-39-33/h8-9,11-18,20-22,30-32,35,45,49H,6-7,10,19,38H2,1-5H3,(H,39,40,41,43). The van der Waals surface area contributed by atoms with Crippen molar-refractivity contribution < 1.29 is 28.6 Å². The highest BCUT2D eigenvalue weighted by Gasteiger charge is 2.60. The van der Waals surface area contributed by atoms with Crippen LogP contribution in [0.1, 0.15) is 72.1 Å². The minimum Gasteiger partial charge on any atom is -0.456 e. The van der Waals surface area contributed by atoms with Gasteiger partial charge in [-0.15, -0.1) is 0 Å². The molecule has 4 N–H and O–H groups in total. The summed E-state index contributed by atoms with van der Waals surface area (Å²) in [7, 11) is -2.34. The molecular weight excluding hydrogens is 639 g/mol. The van der Waals surface area contributed by atoms with E-state index in [-0.39, 0.29) is 12.1 Å². The fourth-order valence-electron chi connectivity index (χ4n) is 6.79. The molecule has 49 heavy (non-hydrogen) atoms. The maximum atomic E-state index is 13.4. The number of esters is 1. The largest absolute Gasteiger partial charge is 0.456 e. The van der Waals surface area contributed by atoms with Gasteiger partial charge in [0.05, 0.1) is 11.5 Å². The molecule has 4 aromatic rings.